The molecule has 152 valence electrons. The van der Waals surface area contributed by atoms with E-state index in [1.54, 1.807) is 48.5 Å². The van der Waals surface area contributed by atoms with Gasteiger partial charge in [-0.3, -0.25) is 9.59 Å². The lowest BCUT2D eigenvalue weighted by Crippen LogP contribution is -2.20. The molecule has 3 aromatic rings. The number of para-hydroxylation sites is 1. The van der Waals surface area contributed by atoms with Crippen molar-refractivity contribution in [2.75, 3.05) is 11.9 Å². The fourth-order valence-corrected chi connectivity index (χ4v) is 2.79. The van der Waals surface area contributed by atoms with Crippen LogP contribution >= 0.6 is 11.6 Å². The average Bonchev–Trinajstić information content (AvgIpc) is 2.75. The predicted octanol–water partition coefficient (Wildman–Crippen LogP) is 4.43. The van der Waals surface area contributed by atoms with E-state index in [0.717, 1.165) is 16.8 Å². The van der Waals surface area contributed by atoms with Crippen LogP contribution in [0.5, 0.6) is 5.75 Å². The minimum Gasteiger partial charge on any atom is -0.484 e. The Morgan fingerprint density at radius 3 is 2.43 bits per heavy atom. The first-order valence-corrected chi connectivity index (χ1v) is 9.57. The van der Waals surface area contributed by atoms with Crippen molar-refractivity contribution >= 4 is 35.3 Å². The summed E-state index contributed by atoms with van der Waals surface area (Å²) in [4.78, 5) is 24.1. The molecule has 0 saturated heterocycles. The summed E-state index contributed by atoms with van der Waals surface area (Å²) in [5, 5.41) is 7.10. The minimum atomic E-state index is -0.392. The molecule has 3 aromatic carbocycles. The van der Waals surface area contributed by atoms with Gasteiger partial charge in [-0.2, -0.15) is 5.10 Å². The number of anilines is 1. The van der Waals surface area contributed by atoms with E-state index in [-0.39, 0.29) is 12.5 Å². The smallest absolute Gasteiger partial charge is 0.272 e. The van der Waals surface area contributed by atoms with Gasteiger partial charge in [-0.15, -0.1) is 0 Å². The third-order valence-electron chi connectivity index (χ3n) is 4.17. The summed E-state index contributed by atoms with van der Waals surface area (Å²) in [5.41, 5.74) is 5.28. The van der Waals surface area contributed by atoms with Crippen molar-refractivity contribution in [3.8, 4) is 5.75 Å². The number of aryl methyl sites for hydroxylation is 1. The van der Waals surface area contributed by atoms with Gasteiger partial charge in [0.05, 0.1) is 16.8 Å². The number of benzene rings is 3. The first-order valence-electron chi connectivity index (χ1n) is 9.19. The van der Waals surface area contributed by atoms with Gasteiger partial charge in [-0.05, 0) is 60.5 Å². The molecule has 0 aliphatic rings. The van der Waals surface area contributed by atoms with Crippen molar-refractivity contribution < 1.29 is 14.3 Å². The van der Waals surface area contributed by atoms with Gasteiger partial charge in [0.25, 0.3) is 11.8 Å². The van der Waals surface area contributed by atoms with E-state index in [9.17, 15) is 9.59 Å². The fraction of sp³-hybridized carbons (Fsp3) is 0.0870. The number of nitrogens with one attached hydrogen (secondary N) is 2. The predicted molar refractivity (Wildman–Crippen MR) is 118 cm³/mol. The molecule has 0 unspecified atom stereocenters. The first kappa shape index (κ1) is 21.1. The molecule has 6 nitrogen and oxygen atoms in total. The van der Waals surface area contributed by atoms with Crippen LogP contribution in [0.2, 0.25) is 5.02 Å². The number of ether oxygens (including phenoxy) is 1. The molecule has 0 atom stereocenters. The van der Waals surface area contributed by atoms with Gasteiger partial charge in [-0.25, -0.2) is 5.43 Å². The lowest BCUT2D eigenvalue weighted by Gasteiger charge is -2.09. The van der Waals surface area contributed by atoms with Crippen LogP contribution in [-0.4, -0.2) is 24.6 Å². The molecular formula is C23H20ClN3O3. The van der Waals surface area contributed by atoms with E-state index in [1.165, 1.54) is 6.21 Å². The van der Waals surface area contributed by atoms with Crippen molar-refractivity contribution in [1.82, 2.24) is 5.43 Å². The largest absolute Gasteiger partial charge is 0.484 e. The summed E-state index contributed by atoms with van der Waals surface area (Å²) in [6.45, 7) is 1.82. The van der Waals surface area contributed by atoms with Crippen LogP contribution in [-0.2, 0) is 4.79 Å². The highest BCUT2D eigenvalue weighted by molar-refractivity contribution is 6.33. The van der Waals surface area contributed by atoms with Crippen molar-refractivity contribution in [3.63, 3.8) is 0 Å². The second-order valence-electron chi connectivity index (χ2n) is 6.40. The maximum Gasteiger partial charge on any atom is 0.272 e. The van der Waals surface area contributed by atoms with Gasteiger partial charge in [0.2, 0.25) is 0 Å². The van der Waals surface area contributed by atoms with Gasteiger partial charge in [0.1, 0.15) is 5.75 Å². The number of hydrogen-bond donors (Lipinski definition) is 2. The average molecular weight is 422 g/mol. The summed E-state index contributed by atoms with van der Waals surface area (Å²) in [6.07, 6.45) is 1.50. The number of carbonyl (C=O) groups is 2. The van der Waals surface area contributed by atoms with Gasteiger partial charge >= 0.3 is 0 Å². The summed E-state index contributed by atoms with van der Waals surface area (Å²) < 4.78 is 5.51. The quantitative estimate of drug-likeness (QED) is 0.437. The maximum atomic E-state index is 12.0. The van der Waals surface area contributed by atoms with Crippen molar-refractivity contribution in [1.29, 1.82) is 0 Å². The minimum absolute atomic E-state index is 0.102. The van der Waals surface area contributed by atoms with Crippen LogP contribution in [0, 0.1) is 6.92 Å². The zero-order valence-electron chi connectivity index (χ0n) is 16.3. The second kappa shape index (κ2) is 10.2. The first-order chi connectivity index (χ1) is 14.5. The second-order valence-corrected chi connectivity index (χ2v) is 6.81. The summed E-state index contributed by atoms with van der Waals surface area (Å²) in [7, 11) is 0. The highest BCUT2D eigenvalue weighted by Crippen LogP contribution is 2.15. The highest BCUT2D eigenvalue weighted by Gasteiger charge is 2.08. The van der Waals surface area contributed by atoms with Crippen LogP contribution in [0.25, 0.3) is 0 Å². The molecule has 0 aliphatic heterocycles. The monoisotopic (exact) mass is 421 g/mol. The number of hydrazone groups is 1. The van der Waals surface area contributed by atoms with Gasteiger partial charge in [0.15, 0.2) is 6.61 Å². The Labute approximate surface area is 179 Å². The number of carbonyl (C=O) groups excluding carboxylic acids is 2. The number of rotatable bonds is 7. The van der Waals surface area contributed by atoms with Crippen LogP contribution in [0.15, 0.2) is 77.9 Å². The van der Waals surface area contributed by atoms with E-state index in [0.29, 0.717) is 16.3 Å². The number of hydrogen-bond acceptors (Lipinski definition) is 4. The van der Waals surface area contributed by atoms with Crippen LogP contribution in [0.1, 0.15) is 21.5 Å². The normalized spacial score (nSPS) is 10.6. The lowest BCUT2D eigenvalue weighted by atomic mass is 10.2. The molecule has 0 aromatic heterocycles. The molecule has 0 heterocycles. The standard InChI is InChI=1S/C23H20ClN3O3/c1-16-6-2-5-9-21(16)26-22(28)15-30-18-12-10-17(11-13-18)14-25-27-23(29)19-7-3-4-8-20(19)24/h2-14H,15H2,1H3,(H,26,28)(H,27,29)/b25-14-. The Morgan fingerprint density at radius 2 is 1.70 bits per heavy atom. The van der Waals surface area contributed by atoms with Crippen molar-refractivity contribution in [2.24, 2.45) is 5.10 Å². The Morgan fingerprint density at radius 1 is 1.00 bits per heavy atom. The van der Waals surface area contributed by atoms with E-state index >= 15 is 0 Å². The van der Waals surface area contributed by atoms with Crippen LogP contribution in [0.4, 0.5) is 5.69 Å². The molecule has 2 amide bonds. The summed E-state index contributed by atoms with van der Waals surface area (Å²) in [6, 6.07) is 21.2. The molecule has 0 fully saturated rings. The van der Waals surface area contributed by atoms with Gasteiger partial charge in [-0.1, -0.05) is 41.9 Å². The van der Waals surface area contributed by atoms with Crippen molar-refractivity contribution in [2.45, 2.75) is 6.92 Å². The molecule has 3 rings (SSSR count). The summed E-state index contributed by atoms with van der Waals surface area (Å²) in [5.74, 6) is -0.0825. The zero-order valence-corrected chi connectivity index (χ0v) is 17.0. The van der Waals surface area contributed by atoms with E-state index in [2.05, 4.69) is 15.8 Å². The lowest BCUT2D eigenvalue weighted by molar-refractivity contribution is -0.118. The molecular weight excluding hydrogens is 402 g/mol. The third-order valence-corrected chi connectivity index (χ3v) is 4.50. The molecule has 0 bridgehead atoms. The molecule has 0 spiro atoms. The Bertz CT molecular complexity index is 1070. The molecule has 0 radical (unpaired) electrons. The molecule has 2 N–H and O–H groups in total. The zero-order chi connectivity index (χ0) is 21.3. The Hall–Kier alpha value is -3.64. The molecule has 7 heteroatoms. The number of halogens is 1. The van der Waals surface area contributed by atoms with E-state index < -0.39 is 5.91 Å². The Balaban J connectivity index is 1.48. The van der Waals surface area contributed by atoms with Crippen molar-refractivity contribution in [3.05, 3.63) is 94.5 Å². The Kier molecular flexibility index (Phi) is 7.19. The molecule has 0 saturated carbocycles. The summed E-state index contributed by atoms with van der Waals surface area (Å²) >= 11 is 5.98. The SMILES string of the molecule is Cc1ccccc1NC(=O)COc1ccc(/C=N\NC(=O)c2ccccc2Cl)cc1. The van der Waals surface area contributed by atoms with Crippen LogP contribution in [0.3, 0.4) is 0 Å². The number of nitrogens with zero attached hydrogens (tertiary/aromatic N) is 1. The highest BCUT2D eigenvalue weighted by atomic mass is 35.5. The third kappa shape index (κ3) is 5.93. The van der Waals surface area contributed by atoms with Crippen LogP contribution < -0.4 is 15.5 Å². The van der Waals surface area contributed by atoms with E-state index in [4.69, 9.17) is 16.3 Å². The topological polar surface area (TPSA) is 79.8 Å². The van der Waals surface area contributed by atoms with E-state index in [1.807, 2.05) is 31.2 Å². The fourth-order valence-electron chi connectivity index (χ4n) is 2.57. The number of amides is 2. The van der Waals surface area contributed by atoms with Gasteiger partial charge in [0, 0.05) is 5.69 Å². The molecule has 30 heavy (non-hydrogen) atoms. The maximum absolute atomic E-state index is 12.0. The molecule has 0 aliphatic carbocycles. The van der Waals surface area contributed by atoms with Gasteiger partial charge < -0.3 is 10.1 Å².